The number of pyridine rings is 1. The number of carbonyl (C=O) groups is 1. The zero-order valence-electron chi connectivity index (χ0n) is 14.2. The van der Waals surface area contributed by atoms with E-state index < -0.39 is 10.0 Å². The van der Waals surface area contributed by atoms with Crippen molar-refractivity contribution in [2.75, 3.05) is 33.4 Å². The van der Waals surface area contributed by atoms with Crippen LogP contribution in [0.25, 0.3) is 0 Å². The van der Waals surface area contributed by atoms with Gasteiger partial charge in [-0.3, -0.25) is 4.79 Å². The molecule has 2 fully saturated rings. The molecule has 2 atom stereocenters. The van der Waals surface area contributed by atoms with Crippen LogP contribution >= 0.6 is 0 Å². The van der Waals surface area contributed by atoms with Gasteiger partial charge in [-0.05, 0) is 17.9 Å². The van der Waals surface area contributed by atoms with Crippen LogP contribution < -0.4 is 10.5 Å². The lowest BCUT2D eigenvalue weighted by molar-refractivity contribution is -0.143. The Balaban J connectivity index is 1.62. The highest BCUT2D eigenvalue weighted by atomic mass is 32.2. The topological polar surface area (TPSA) is 112 Å². The summed E-state index contributed by atoms with van der Waals surface area (Å²) in [5.41, 5.74) is 5.59. The number of fused-ring (bicyclic) bond motifs is 1. The van der Waals surface area contributed by atoms with Gasteiger partial charge in [-0.2, -0.15) is 4.31 Å². The van der Waals surface area contributed by atoms with Crippen molar-refractivity contribution in [1.82, 2.24) is 9.29 Å². The van der Waals surface area contributed by atoms with Crippen LogP contribution in [0.1, 0.15) is 0 Å². The summed E-state index contributed by atoms with van der Waals surface area (Å²) in [5.74, 6) is -0.253. The first-order valence-corrected chi connectivity index (χ1v) is 9.51. The first-order chi connectivity index (χ1) is 12.4. The fraction of sp³-hybridized carbons (Fsp3) is 0.500. The fourth-order valence-electron chi connectivity index (χ4n) is 3.23. The number of halogens is 1. The largest absolute Gasteiger partial charge is 0.473 e. The van der Waals surface area contributed by atoms with Gasteiger partial charge in [0.15, 0.2) is 0 Å². The fourth-order valence-corrected chi connectivity index (χ4v) is 4.69. The van der Waals surface area contributed by atoms with Crippen LogP contribution in [0.15, 0.2) is 35.1 Å². The van der Waals surface area contributed by atoms with Crippen LogP contribution in [0.4, 0.5) is 4.39 Å². The van der Waals surface area contributed by atoms with Crippen molar-refractivity contribution in [2.24, 2.45) is 23.5 Å². The van der Waals surface area contributed by atoms with Crippen molar-refractivity contribution in [1.29, 1.82) is 0 Å². The third-order valence-corrected chi connectivity index (χ3v) is 6.62. The summed E-state index contributed by atoms with van der Waals surface area (Å²) in [6, 6.07) is 2.80. The van der Waals surface area contributed by atoms with Crippen LogP contribution in [0.5, 0.6) is 5.88 Å². The molecule has 0 radical (unpaired) electrons. The molecule has 1 saturated heterocycles. The molecule has 1 aromatic rings. The van der Waals surface area contributed by atoms with E-state index in [-0.39, 0.29) is 53.2 Å². The zero-order chi connectivity index (χ0) is 18.9. The Hall–Kier alpha value is -2.04. The maximum Gasteiger partial charge on any atom is 0.309 e. The van der Waals surface area contributed by atoms with Gasteiger partial charge >= 0.3 is 5.97 Å². The van der Waals surface area contributed by atoms with Crippen molar-refractivity contribution in [3.05, 3.63) is 30.2 Å². The summed E-state index contributed by atoms with van der Waals surface area (Å²) in [5, 5.41) is 0. The number of nitrogens with zero attached hydrogens (tertiary/aromatic N) is 2. The normalized spacial score (nSPS) is 25.7. The second-order valence-corrected chi connectivity index (χ2v) is 8.23. The lowest BCUT2D eigenvalue weighted by Crippen LogP contribution is -2.32. The SMILES string of the molecule is COC(=O)C1[C@@H]2CN(S(=O)(=O)c3ccc(OC/C(=C\F)CN)nc3)C[C@@H]12. The molecule has 1 aliphatic heterocycles. The van der Waals surface area contributed by atoms with Gasteiger partial charge in [-0.1, -0.05) is 0 Å². The van der Waals surface area contributed by atoms with E-state index in [4.69, 9.17) is 15.2 Å². The van der Waals surface area contributed by atoms with Gasteiger partial charge in [0.05, 0.1) is 25.6 Å². The molecule has 10 heteroatoms. The summed E-state index contributed by atoms with van der Waals surface area (Å²) in [6.45, 7) is 0.557. The van der Waals surface area contributed by atoms with E-state index in [9.17, 15) is 17.6 Å². The van der Waals surface area contributed by atoms with Gasteiger partial charge in [-0.25, -0.2) is 17.8 Å². The zero-order valence-corrected chi connectivity index (χ0v) is 15.0. The highest BCUT2D eigenvalue weighted by Gasteiger charge is 2.62. The Labute approximate surface area is 150 Å². The van der Waals surface area contributed by atoms with Crippen molar-refractivity contribution in [3.63, 3.8) is 0 Å². The molecule has 0 spiro atoms. The van der Waals surface area contributed by atoms with Crippen LogP contribution in [0.2, 0.25) is 0 Å². The van der Waals surface area contributed by atoms with E-state index in [1.54, 1.807) is 0 Å². The highest BCUT2D eigenvalue weighted by Crippen LogP contribution is 2.53. The third-order valence-electron chi connectivity index (χ3n) is 4.80. The maximum atomic E-state index is 12.7. The summed E-state index contributed by atoms with van der Waals surface area (Å²) in [4.78, 5) is 15.5. The lowest BCUT2D eigenvalue weighted by atomic mass is 10.3. The molecule has 8 nitrogen and oxygen atoms in total. The maximum absolute atomic E-state index is 12.7. The summed E-state index contributed by atoms with van der Waals surface area (Å²) >= 11 is 0. The van der Waals surface area contributed by atoms with Crippen LogP contribution in [-0.2, 0) is 19.6 Å². The molecular weight excluding hydrogens is 365 g/mol. The second-order valence-electron chi connectivity index (χ2n) is 6.29. The smallest absolute Gasteiger partial charge is 0.309 e. The number of ether oxygens (including phenoxy) is 2. The van der Waals surface area contributed by atoms with E-state index in [1.807, 2.05) is 0 Å². The monoisotopic (exact) mass is 385 g/mol. The highest BCUT2D eigenvalue weighted by molar-refractivity contribution is 7.89. The average molecular weight is 385 g/mol. The quantitative estimate of drug-likeness (QED) is 0.672. The average Bonchev–Trinajstić information content (AvgIpc) is 3.15. The van der Waals surface area contributed by atoms with E-state index >= 15 is 0 Å². The van der Waals surface area contributed by atoms with Crippen molar-refractivity contribution in [3.8, 4) is 5.88 Å². The van der Waals surface area contributed by atoms with Gasteiger partial charge in [0.25, 0.3) is 0 Å². The molecule has 1 aliphatic carbocycles. The van der Waals surface area contributed by atoms with Gasteiger partial charge in [-0.15, -0.1) is 0 Å². The number of hydrogen-bond donors (Lipinski definition) is 1. The van der Waals surface area contributed by atoms with Crippen LogP contribution in [-0.4, -0.2) is 57.0 Å². The molecule has 2 heterocycles. The summed E-state index contributed by atoms with van der Waals surface area (Å²) < 4.78 is 49.1. The third kappa shape index (κ3) is 3.44. The lowest BCUT2D eigenvalue weighted by Gasteiger charge is -2.19. The number of nitrogens with two attached hydrogens (primary N) is 1. The number of aromatic nitrogens is 1. The number of hydrogen-bond acceptors (Lipinski definition) is 7. The van der Waals surface area contributed by atoms with Crippen molar-refractivity contribution < 1.29 is 27.1 Å². The number of esters is 1. The minimum atomic E-state index is -3.68. The molecular formula is C16H20FN3O5S. The van der Waals surface area contributed by atoms with Crippen molar-refractivity contribution in [2.45, 2.75) is 4.90 Å². The first kappa shape index (κ1) is 18.7. The van der Waals surface area contributed by atoms with Crippen molar-refractivity contribution >= 4 is 16.0 Å². The standard InChI is InChI=1S/C16H20FN3O5S/c1-24-16(21)15-12-7-20(8-13(12)15)26(22,23)11-2-3-14(19-6-11)25-9-10(4-17)5-18/h2-4,6,12-13,15H,5,7-9,18H2,1H3/b10-4-/t12-,13-/m1/s1. The minimum Gasteiger partial charge on any atom is -0.473 e. The number of carbonyl (C=O) groups excluding carboxylic acids is 1. The first-order valence-electron chi connectivity index (χ1n) is 8.07. The molecule has 0 bridgehead atoms. The molecule has 1 aromatic heterocycles. The van der Waals surface area contributed by atoms with E-state index in [2.05, 4.69) is 4.98 Å². The Morgan fingerprint density at radius 2 is 2.12 bits per heavy atom. The molecule has 2 aliphatic rings. The van der Waals surface area contributed by atoms with Gasteiger partial charge in [0, 0.05) is 31.3 Å². The van der Waals surface area contributed by atoms with Gasteiger partial charge < -0.3 is 15.2 Å². The molecule has 2 N–H and O–H groups in total. The predicted octanol–water partition coefficient (Wildman–Crippen LogP) is 0.312. The molecule has 0 aromatic carbocycles. The van der Waals surface area contributed by atoms with Crippen LogP contribution in [0, 0.1) is 17.8 Å². The van der Waals surface area contributed by atoms with Gasteiger partial charge in [0.1, 0.15) is 11.5 Å². The summed E-state index contributed by atoms with van der Waals surface area (Å²) in [7, 11) is -2.35. The predicted molar refractivity (Wildman–Crippen MR) is 89.2 cm³/mol. The number of rotatable bonds is 7. The minimum absolute atomic E-state index is 0.0207. The van der Waals surface area contributed by atoms with E-state index in [1.165, 1.54) is 29.7 Å². The Bertz CT molecular complexity index is 800. The number of methoxy groups -OCH3 is 1. The molecule has 1 saturated carbocycles. The molecule has 0 amide bonds. The second kappa shape index (κ2) is 7.29. The molecule has 142 valence electrons. The Morgan fingerprint density at radius 3 is 2.62 bits per heavy atom. The number of piperidine rings is 1. The molecule has 3 rings (SSSR count). The Morgan fingerprint density at radius 1 is 1.42 bits per heavy atom. The van der Waals surface area contributed by atoms with Gasteiger partial charge in [0.2, 0.25) is 15.9 Å². The Kier molecular flexibility index (Phi) is 5.26. The van der Waals surface area contributed by atoms with E-state index in [0.29, 0.717) is 19.4 Å². The molecule has 0 unspecified atom stereocenters. The van der Waals surface area contributed by atoms with E-state index in [0.717, 1.165) is 0 Å². The summed E-state index contributed by atoms with van der Waals surface area (Å²) in [6.07, 6.45) is 1.58. The number of sulfonamides is 1. The van der Waals surface area contributed by atoms with Crippen LogP contribution in [0.3, 0.4) is 0 Å². The molecule has 26 heavy (non-hydrogen) atoms.